The average Bonchev–Trinajstić information content (AvgIpc) is 3.51. The van der Waals surface area contributed by atoms with Crippen LogP contribution in [-0.2, 0) is 17.9 Å². The molecule has 5 rings (SSSR count). The summed E-state index contributed by atoms with van der Waals surface area (Å²) < 4.78 is 15.9. The van der Waals surface area contributed by atoms with Gasteiger partial charge in [-0.15, -0.1) is 0 Å². The maximum absolute atomic E-state index is 13.5. The molecule has 8 heteroatoms. The minimum Gasteiger partial charge on any atom is -0.472 e. The van der Waals surface area contributed by atoms with Crippen LogP contribution in [0.15, 0.2) is 41.2 Å². The summed E-state index contributed by atoms with van der Waals surface area (Å²) in [6.07, 6.45) is 5.79. The highest BCUT2D eigenvalue weighted by atomic mass is 16.7. The Bertz CT molecular complexity index is 968. The van der Waals surface area contributed by atoms with Crippen molar-refractivity contribution in [1.29, 1.82) is 0 Å². The lowest BCUT2D eigenvalue weighted by Gasteiger charge is -2.40. The summed E-state index contributed by atoms with van der Waals surface area (Å²) in [7, 11) is 0. The molecule has 1 atom stereocenters. The van der Waals surface area contributed by atoms with Gasteiger partial charge in [-0.05, 0) is 62.0 Å². The van der Waals surface area contributed by atoms with Gasteiger partial charge in [-0.3, -0.25) is 14.6 Å². The second-order valence-corrected chi connectivity index (χ2v) is 8.52. The lowest BCUT2D eigenvalue weighted by Crippen LogP contribution is -2.55. The first-order valence-corrected chi connectivity index (χ1v) is 10.8. The quantitative estimate of drug-likeness (QED) is 0.716. The van der Waals surface area contributed by atoms with Crippen LogP contribution in [0.4, 0.5) is 4.79 Å². The predicted octanol–water partition coefficient (Wildman–Crippen LogP) is 3.12. The minimum atomic E-state index is -0.824. The zero-order valence-corrected chi connectivity index (χ0v) is 17.6. The van der Waals surface area contributed by atoms with E-state index in [0.717, 1.165) is 43.6 Å². The molecule has 0 radical (unpaired) electrons. The molecule has 2 fully saturated rings. The lowest BCUT2D eigenvalue weighted by atomic mass is 9.75. The number of nitrogens with one attached hydrogen (secondary N) is 1. The van der Waals surface area contributed by atoms with Crippen LogP contribution in [0, 0.1) is 5.92 Å². The van der Waals surface area contributed by atoms with Gasteiger partial charge >= 0.3 is 6.03 Å². The smallest absolute Gasteiger partial charge is 0.325 e. The number of rotatable bonds is 6. The number of furan rings is 1. The van der Waals surface area contributed by atoms with E-state index < -0.39 is 5.54 Å². The normalized spacial score (nSPS) is 24.1. The SMILES string of the molecule is CCC1(C2CCN(Cc3ccoc3)CC2)NC(=O)N(Cc2ccc3c(c2)OCO3)C1=O. The Labute approximate surface area is 181 Å². The van der Waals surface area contributed by atoms with Crippen LogP contribution in [0.1, 0.15) is 37.3 Å². The van der Waals surface area contributed by atoms with Crippen LogP contribution in [-0.4, -0.2) is 47.2 Å². The van der Waals surface area contributed by atoms with E-state index in [2.05, 4.69) is 10.2 Å². The van der Waals surface area contributed by atoms with E-state index in [1.54, 1.807) is 12.5 Å². The van der Waals surface area contributed by atoms with Crippen molar-refractivity contribution >= 4 is 11.9 Å². The number of piperidine rings is 1. The number of urea groups is 1. The average molecular weight is 425 g/mol. The molecule has 164 valence electrons. The zero-order chi connectivity index (χ0) is 21.4. The first-order valence-electron chi connectivity index (χ1n) is 10.8. The lowest BCUT2D eigenvalue weighted by molar-refractivity contribution is -0.134. The van der Waals surface area contributed by atoms with E-state index >= 15 is 0 Å². The van der Waals surface area contributed by atoms with Gasteiger partial charge in [0.2, 0.25) is 6.79 Å². The van der Waals surface area contributed by atoms with Gasteiger partial charge in [0.25, 0.3) is 5.91 Å². The minimum absolute atomic E-state index is 0.119. The third-order valence-electron chi connectivity index (χ3n) is 6.81. The summed E-state index contributed by atoms with van der Waals surface area (Å²) in [6, 6.07) is 7.19. The Hall–Kier alpha value is -3.00. The van der Waals surface area contributed by atoms with Crippen molar-refractivity contribution in [1.82, 2.24) is 15.1 Å². The molecule has 3 aliphatic heterocycles. The van der Waals surface area contributed by atoms with E-state index in [9.17, 15) is 9.59 Å². The molecular formula is C23H27N3O5. The van der Waals surface area contributed by atoms with Crippen molar-refractivity contribution in [3.8, 4) is 11.5 Å². The van der Waals surface area contributed by atoms with E-state index in [0.29, 0.717) is 17.9 Å². The van der Waals surface area contributed by atoms with E-state index in [-0.39, 0.29) is 31.2 Å². The van der Waals surface area contributed by atoms with Crippen LogP contribution in [0.3, 0.4) is 0 Å². The number of hydrogen-bond acceptors (Lipinski definition) is 6. The molecule has 0 saturated carbocycles. The maximum atomic E-state index is 13.5. The highest BCUT2D eigenvalue weighted by molar-refractivity contribution is 6.07. The number of hydrogen-bond donors (Lipinski definition) is 1. The van der Waals surface area contributed by atoms with Gasteiger partial charge in [0.05, 0.1) is 19.1 Å². The molecule has 1 aromatic heterocycles. The van der Waals surface area contributed by atoms with Crippen molar-refractivity contribution in [2.45, 2.75) is 44.8 Å². The standard InChI is InChI=1S/C23H27N3O5/c1-2-23(18-5-8-25(9-6-18)12-17-7-10-29-14-17)21(27)26(22(28)24-23)13-16-3-4-19-20(11-16)31-15-30-19/h3-4,7,10-11,14,18H,2,5-6,8-9,12-13,15H2,1H3,(H,24,28). The summed E-state index contributed by atoms with van der Waals surface area (Å²) in [6.45, 7) is 5.04. The van der Waals surface area contributed by atoms with Gasteiger partial charge in [-0.1, -0.05) is 13.0 Å². The molecule has 1 N–H and O–H groups in total. The molecule has 31 heavy (non-hydrogen) atoms. The first-order chi connectivity index (χ1) is 15.1. The van der Waals surface area contributed by atoms with Crippen molar-refractivity contribution in [3.63, 3.8) is 0 Å². The number of carbonyl (C=O) groups excluding carboxylic acids is 2. The summed E-state index contributed by atoms with van der Waals surface area (Å²) in [5, 5.41) is 3.07. The second-order valence-electron chi connectivity index (χ2n) is 8.52. The Morgan fingerprint density at radius 3 is 2.61 bits per heavy atom. The molecule has 0 bridgehead atoms. The van der Waals surface area contributed by atoms with Crippen LogP contribution in [0.2, 0.25) is 0 Å². The zero-order valence-electron chi connectivity index (χ0n) is 17.6. The Kier molecular flexibility index (Phi) is 5.09. The largest absolute Gasteiger partial charge is 0.472 e. The van der Waals surface area contributed by atoms with Crippen LogP contribution < -0.4 is 14.8 Å². The molecule has 2 aromatic rings. The summed E-state index contributed by atoms with van der Waals surface area (Å²) in [5.74, 6) is 1.34. The maximum Gasteiger partial charge on any atom is 0.325 e. The number of benzene rings is 1. The Morgan fingerprint density at radius 1 is 1.06 bits per heavy atom. The first kappa shape index (κ1) is 19.9. The summed E-state index contributed by atoms with van der Waals surface area (Å²) in [4.78, 5) is 30.1. The van der Waals surface area contributed by atoms with Crippen molar-refractivity contribution < 1.29 is 23.5 Å². The molecule has 3 amide bonds. The van der Waals surface area contributed by atoms with Gasteiger partial charge < -0.3 is 19.2 Å². The van der Waals surface area contributed by atoms with E-state index in [1.165, 1.54) is 4.90 Å². The number of amides is 3. The van der Waals surface area contributed by atoms with Gasteiger partial charge in [-0.25, -0.2) is 4.79 Å². The van der Waals surface area contributed by atoms with E-state index in [4.69, 9.17) is 13.9 Å². The fraction of sp³-hybridized carbons (Fsp3) is 0.478. The summed E-state index contributed by atoms with van der Waals surface area (Å²) >= 11 is 0. The molecule has 2 saturated heterocycles. The molecule has 3 aliphatic rings. The number of ether oxygens (including phenoxy) is 2. The highest BCUT2D eigenvalue weighted by Crippen LogP contribution is 2.38. The molecule has 4 heterocycles. The van der Waals surface area contributed by atoms with Gasteiger partial charge in [0, 0.05) is 12.1 Å². The molecule has 1 unspecified atom stereocenters. The fourth-order valence-corrected chi connectivity index (χ4v) is 5.04. The molecule has 0 aliphatic carbocycles. The van der Waals surface area contributed by atoms with Crippen LogP contribution in [0.25, 0.3) is 0 Å². The molecule has 1 aromatic carbocycles. The van der Waals surface area contributed by atoms with Crippen LogP contribution >= 0.6 is 0 Å². The number of nitrogens with zero attached hydrogens (tertiary/aromatic N) is 2. The van der Waals surface area contributed by atoms with Crippen LogP contribution in [0.5, 0.6) is 11.5 Å². The summed E-state index contributed by atoms with van der Waals surface area (Å²) in [5.41, 5.74) is 1.17. The van der Waals surface area contributed by atoms with Gasteiger partial charge in [0.15, 0.2) is 11.5 Å². The van der Waals surface area contributed by atoms with Crippen molar-refractivity contribution in [2.75, 3.05) is 19.9 Å². The number of imide groups is 1. The molecular weight excluding hydrogens is 398 g/mol. The number of fused-ring (bicyclic) bond motifs is 1. The predicted molar refractivity (Wildman–Crippen MR) is 111 cm³/mol. The monoisotopic (exact) mass is 425 g/mol. The van der Waals surface area contributed by atoms with Gasteiger partial charge in [-0.2, -0.15) is 0 Å². The van der Waals surface area contributed by atoms with Crippen molar-refractivity contribution in [2.24, 2.45) is 5.92 Å². The van der Waals surface area contributed by atoms with Crippen molar-refractivity contribution in [3.05, 3.63) is 47.9 Å². The number of likely N-dealkylation sites (tertiary alicyclic amines) is 1. The Morgan fingerprint density at radius 2 is 1.87 bits per heavy atom. The second kappa shape index (κ2) is 7.92. The third-order valence-corrected chi connectivity index (χ3v) is 6.81. The molecule has 8 nitrogen and oxygen atoms in total. The topological polar surface area (TPSA) is 84.2 Å². The third kappa shape index (κ3) is 3.54. The number of carbonyl (C=O) groups is 2. The Balaban J connectivity index is 1.27. The van der Waals surface area contributed by atoms with Gasteiger partial charge in [0.1, 0.15) is 5.54 Å². The fourth-order valence-electron chi connectivity index (χ4n) is 5.04. The highest BCUT2D eigenvalue weighted by Gasteiger charge is 2.54. The van der Waals surface area contributed by atoms with E-state index in [1.807, 2.05) is 31.2 Å². The molecule has 0 spiro atoms.